The third-order valence-corrected chi connectivity index (χ3v) is 12.0. The molecule has 3 aliphatic rings. The lowest BCUT2D eigenvalue weighted by Crippen LogP contribution is -2.61. The van der Waals surface area contributed by atoms with Crippen LogP contribution in [-0.2, 0) is 25.3 Å². The smallest absolute Gasteiger partial charge is 0.332 e. The molecule has 8 rings (SSSR count). The topological polar surface area (TPSA) is 149 Å². The van der Waals surface area contributed by atoms with E-state index in [0.29, 0.717) is 29.9 Å². The maximum atomic E-state index is 13.2. The number of aryl methyl sites for hydroxylation is 2. The van der Waals surface area contributed by atoms with E-state index in [1.54, 1.807) is 21.3 Å². The Bertz CT molecular complexity index is 2470. The molecule has 1 spiro atoms. The van der Waals surface area contributed by atoms with Crippen LogP contribution < -0.4 is 26.6 Å². The number of aromatic nitrogens is 5. The largest absolute Gasteiger partial charge is 0.481 e. The van der Waals surface area contributed by atoms with E-state index < -0.39 is 11.2 Å². The number of fused-ring (bicyclic) bond motifs is 2. The van der Waals surface area contributed by atoms with Crippen LogP contribution in [0.5, 0.6) is 5.88 Å². The second-order valence-corrected chi connectivity index (χ2v) is 15.1. The highest BCUT2D eigenvalue weighted by molar-refractivity contribution is 6.36. The number of urea groups is 1. The molecule has 14 nitrogen and oxygen atoms in total. The molecule has 2 saturated heterocycles. The maximum absolute atomic E-state index is 13.2. The van der Waals surface area contributed by atoms with E-state index in [4.69, 9.17) is 26.1 Å². The zero-order valence-electron chi connectivity index (χ0n) is 31.6. The number of benzene rings is 2. The zero-order chi connectivity index (χ0) is 38.6. The lowest BCUT2D eigenvalue weighted by atomic mass is 9.92. The fourth-order valence-corrected chi connectivity index (χ4v) is 8.90. The summed E-state index contributed by atoms with van der Waals surface area (Å²) in [6.45, 7) is 5.50. The molecule has 15 heteroatoms. The van der Waals surface area contributed by atoms with Crippen molar-refractivity contribution in [3.05, 3.63) is 91.3 Å². The molecule has 2 amide bonds. The molecule has 2 fully saturated rings. The molecular weight excluding hydrogens is 722 g/mol. The summed E-state index contributed by atoms with van der Waals surface area (Å²) in [6.07, 6.45) is 4.96. The normalized spacial score (nSPS) is 19.6. The molecular formula is C40H44ClN9O5. The standard InChI is InChI=1S/C40H44ClN9O5/c1-23-25(8-7-11-28(23)44-34-32-35(43-22-42-34)47(2)39(53)48(3)37(32)51)26-9-6-10-27(33(26)41)29-20-24-12-13-30(31(24)36(45-29)55-5)50-17-15-40(21-50)14-16-49(18-19-54-4)38(52)46-40/h6-11,20,22,30H,12-19,21H2,1-5H3,(H,46,52)(H,42,43,44)/t30-,40+/m0/s1. The number of pyridine rings is 1. The number of amides is 2. The summed E-state index contributed by atoms with van der Waals surface area (Å²) in [5, 5.41) is 7.43. The summed E-state index contributed by atoms with van der Waals surface area (Å²) in [6, 6.07) is 14.0. The van der Waals surface area contributed by atoms with Gasteiger partial charge in [-0.05, 0) is 61.4 Å². The third kappa shape index (κ3) is 6.31. The van der Waals surface area contributed by atoms with Gasteiger partial charge in [-0.25, -0.2) is 24.5 Å². The van der Waals surface area contributed by atoms with Gasteiger partial charge in [0.05, 0.1) is 30.0 Å². The van der Waals surface area contributed by atoms with Crippen LogP contribution in [0.25, 0.3) is 33.4 Å². The summed E-state index contributed by atoms with van der Waals surface area (Å²) in [4.78, 5) is 56.7. The number of ether oxygens (including phenoxy) is 2. The van der Waals surface area contributed by atoms with Crippen molar-refractivity contribution in [2.24, 2.45) is 14.1 Å². The van der Waals surface area contributed by atoms with Gasteiger partial charge in [0.25, 0.3) is 5.56 Å². The highest BCUT2D eigenvalue weighted by Gasteiger charge is 2.46. The van der Waals surface area contributed by atoms with Gasteiger partial charge in [0.2, 0.25) is 5.88 Å². The van der Waals surface area contributed by atoms with E-state index in [2.05, 4.69) is 31.6 Å². The van der Waals surface area contributed by atoms with E-state index in [1.807, 2.05) is 48.2 Å². The lowest BCUT2D eigenvalue weighted by Gasteiger charge is -2.40. The molecule has 5 heterocycles. The predicted octanol–water partition coefficient (Wildman–Crippen LogP) is 4.96. The Hall–Kier alpha value is -5.31. The van der Waals surface area contributed by atoms with Crippen LogP contribution in [0.2, 0.25) is 5.02 Å². The number of rotatable bonds is 9. The van der Waals surface area contributed by atoms with Gasteiger partial charge in [-0.15, -0.1) is 0 Å². The first-order chi connectivity index (χ1) is 26.5. The Balaban J connectivity index is 1.07. The highest BCUT2D eigenvalue weighted by atomic mass is 35.5. The van der Waals surface area contributed by atoms with Crippen LogP contribution in [0.15, 0.2) is 58.4 Å². The van der Waals surface area contributed by atoms with E-state index >= 15 is 0 Å². The average Bonchev–Trinajstić information content (AvgIpc) is 3.81. The molecule has 2 N–H and O–H groups in total. The van der Waals surface area contributed by atoms with Gasteiger partial charge < -0.3 is 25.0 Å². The molecule has 55 heavy (non-hydrogen) atoms. The molecule has 0 saturated carbocycles. The number of anilines is 2. The van der Waals surface area contributed by atoms with Crippen molar-refractivity contribution in [1.29, 1.82) is 0 Å². The van der Waals surface area contributed by atoms with E-state index in [-0.39, 0.29) is 28.6 Å². The summed E-state index contributed by atoms with van der Waals surface area (Å²) in [5.41, 5.74) is 6.20. The Labute approximate surface area is 323 Å². The summed E-state index contributed by atoms with van der Waals surface area (Å²) >= 11 is 7.27. The monoisotopic (exact) mass is 765 g/mol. The zero-order valence-corrected chi connectivity index (χ0v) is 32.4. The van der Waals surface area contributed by atoms with Crippen molar-refractivity contribution in [1.82, 2.24) is 39.2 Å². The minimum absolute atomic E-state index is 0.0151. The van der Waals surface area contributed by atoms with Crippen LogP contribution in [0, 0.1) is 6.92 Å². The number of hydrogen-bond acceptors (Lipinski definition) is 10. The first kappa shape index (κ1) is 36.7. The molecule has 3 aromatic heterocycles. The minimum atomic E-state index is -0.484. The fraction of sp³-hybridized carbons (Fsp3) is 0.400. The molecule has 5 aromatic rings. The van der Waals surface area contributed by atoms with Crippen molar-refractivity contribution in [3.8, 4) is 28.3 Å². The van der Waals surface area contributed by atoms with E-state index in [1.165, 1.54) is 23.5 Å². The van der Waals surface area contributed by atoms with Crippen LogP contribution in [0.3, 0.4) is 0 Å². The summed E-state index contributed by atoms with van der Waals surface area (Å²) in [7, 11) is 6.33. The molecule has 286 valence electrons. The SMILES string of the molecule is COCCN1CC[C@]2(CCN([C@H]3CCc4cc(-c5cccc(-c6cccc(Nc7ncnc8c7c(=O)n(C)c(=O)n8C)c6C)c5Cl)nc(OC)c43)C2)NC1=O. The van der Waals surface area contributed by atoms with Gasteiger partial charge in [0, 0.05) is 75.8 Å². The Kier molecular flexibility index (Phi) is 9.60. The Morgan fingerprint density at radius 3 is 2.55 bits per heavy atom. The average molecular weight is 766 g/mol. The number of likely N-dealkylation sites (tertiary alicyclic amines) is 1. The second-order valence-electron chi connectivity index (χ2n) is 14.7. The van der Waals surface area contributed by atoms with Gasteiger partial charge in [-0.1, -0.05) is 41.9 Å². The third-order valence-electron chi connectivity index (χ3n) is 11.6. The number of carbonyl (C=O) groups is 1. The molecule has 0 unspecified atom stereocenters. The number of methoxy groups -OCH3 is 2. The Morgan fingerprint density at radius 2 is 1.76 bits per heavy atom. The molecule has 0 bridgehead atoms. The number of nitrogens with one attached hydrogen (secondary N) is 2. The van der Waals surface area contributed by atoms with E-state index in [0.717, 1.165) is 89.1 Å². The fourth-order valence-electron chi connectivity index (χ4n) is 8.57. The molecule has 0 radical (unpaired) electrons. The Morgan fingerprint density at radius 1 is 1.00 bits per heavy atom. The maximum Gasteiger partial charge on any atom is 0.332 e. The van der Waals surface area contributed by atoms with E-state index in [9.17, 15) is 14.4 Å². The van der Waals surface area contributed by atoms with Crippen molar-refractivity contribution in [2.45, 2.75) is 44.2 Å². The van der Waals surface area contributed by atoms with Crippen LogP contribution in [0.4, 0.5) is 16.3 Å². The van der Waals surface area contributed by atoms with Gasteiger partial charge in [0.15, 0.2) is 5.65 Å². The predicted molar refractivity (Wildman–Crippen MR) is 211 cm³/mol. The molecule has 2 aromatic carbocycles. The second kappa shape index (κ2) is 14.4. The van der Waals surface area contributed by atoms with Crippen molar-refractivity contribution >= 4 is 40.2 Å². The van der Waals surface area contributed by atoms with Crippen molar-refractivity contribution in [2.75, 3.05) is 52.3 Å². The number of hydrogen-bond donors (Lipinski definition) is 2. The van der Waals surface area contributed by atoms with Gasteiger partial charge in [0.1, 0.15) is 17.5 Å². The van der Waals surface area contributed by atoms with Crippen molar-refractivity contribution < 1.29 is 14.3 Å². The first-order valence-corrected chi connectivity index (χ1v) is 18.9. The van der Waals surface area contributed by atoms with Gasteiger partial charge >= 0.3 is 11.7 Å². The summed E-state index contributed by atoms with van der Waals surface area (Å²) in [5.74, 6) is 0.894. The lowest BCUT2D eigenvalue weighted by molar-refractivity contribution is 0.114. The summed E-state index contributed by atoms with van der Waals surface area (Å²) < 4.78 is 13.6. The number of nitrogens with zero attached hydrogens (tertiary/aromatic N) is 7. The quantitative estimate of drug-likeness (QED) is 0.211. The molecule has 2 aliphatic heterocycles. The number of halogens is 1. The minimum Gasteiger partial charge on any atom is -0.481 e. The first-order valence-electron chi connectivity index (χ1n) is 18.5. The van der Waals surface area contributed by atoms with Crippen LogP contribution >= 0.6 is 11.6 Å². The highest BCUT2D eigenvalue weighted by Crippen LogP contribution is 2.47. The van der Waals surface area contributed by atoms with Crippen LogP contribution in [-0.4, -0.2) is 92.5 Å². The van der Waals surface area contributed by atoms with Crippen LogP contribution in [0.1, 0.15) is 42.0 Å². The molecule has 2 atom stereocenters. The number of carbonyl (C=O) groups excluding carboxylic acids is 1. The van der Waals surface area contributed by atoms with Gasteiger partial charge in [-0.3, -0.25) is 18.8 Å². The molecule has 1 aliphatic carbocycles. The van der Waals surface area contributed by atoms with Crippen molar-refractivity contribution in [3.63, 3.8) is 0 Å². The van der Waals surface area contributed by atoms with Gasteiger partial charge in [-0.2, -0.15) is 0 Å².